The molecule has 1 unspecified atom stereocenters. The molecule has 0 radical (unpaired) electrons. The van der Waals surface area contributed by atoms with Gasteiger partial charge in [0.15, 0.2) is 0 Å². The van der Waals surface area contributed by atoms with Crippen LogP contribution in [-0.4, -0.2) is 16.7 Å². The van der Waals surface area contributed by atoms with Gasteiger partial charge >= 0.3 is 0 Å². The number of aliphatic hydroxyl groups is 1. The fourth-order valence-electron chi connectivity index (χ4n) is 1.01. The molecule has 1 aromatic heterocycles. The SMILES string of the molecule is CCOc1cnccc1C(C)O. The first kappa shape index (κ1) is 9.00. The van der Waals surface area contributed by atoms with Crippen molar-refractivity contribution in [3.8, 4) is 5.75 Å². The number of hydrogen-bond acceptors (Lipinski definition) is 3. The highest BCUT2D eigenvalue weighted by molar-refractivity contribution is 5.31. The lowest BCUT2D eigenvalue weighted by Crippen LogP contribution is -1.99. The van der Waals surface area contributed by atoms with Crippen molar-refractivity contribution in [2.45, 2.75) is 20.0 Å². The predicted octanol–water partition coefficient (Wildman–Crippen LogP) is 1.53. The molecule has 0 bridgehead atoms. The summed E-state index contributed by atoms with van der Waals surface area (Å²) in [6, 6.07) is 1.76. The molecule has 66 valence electrons. The molecule has 0 fully saturated rings. The van der Waals surface area contributed by atoms with Gasteiger partial charge in [0.1, 0.15) is 5.75 Å². The molecule has 1 rings (SSSR count). The molecule has 12 heavy (non-hydrogen) atoms. The van der Waals surface area contributed by atoms with Gasteiger partial charge < -0.3 is 9.84 Å². The second-order valence-electron chi connectivity index (χ2n) is 2.52. The van der Waals surface area contributed by atoms with E-state index in [0.717, 1.165) is 5.56 Å². The Morgan fingerprint density at radius 3 is 3.00 bits per heavy atom. The second-order valence-corrected chi connectivity index (χ2v) is 2.52. The molecule has 0 aliphatic rings. The van der Waals surface area contributed by atoms with Gasteiger partial charge in [0.05, 0.1) is 18.9 Å². The smallest absolute Gasteiger partial charge is 0.143 e. The van der Waals surface area contributed by atoms with Crippen LogP contribution < -0.4 is 4.74 Å². The average molecular weight is 167 g/mol. The van der Waals surface area contributed by atoms with Gasteiger partial charge in [-0.25, -0.2) is 0 Å². The first-order chi connectivity index (χ1) is 5.75. The minimum Gasteiger partial charge on any atom is -0.492 e. The van der Waals surface area contributed by atoms with Gasteiger partial charge in [-0.2, -0.15) is 0 Å². The Bertz CT molecular complexity index is 248. The number of ether oxygens (including phenoxy) is 1. The zero-order valence-corrected chi connectivity index (χ0v) is 7.32. The van der Waals surface area contributed by atoms with Gasteiger partial charge in [-0.05, 0) is 19.9 Å². The summed E-state index contributed by atoms with van der Waals surface area (Å²) in [7, 11) is 0. The lowest BCUT2D eigenvalue weighted by atomic mass is 10.1. The summed E-state index contributed by atoms with van der Waals surface area (Å²) in [5.41, 5.74) is 0.784. The third kappa shape index (κ3) is 1.95. The van der Waals surface area contributed by atoms with E-state index in [-0.39, 0.29) is 0 Å². The van der Waals surface area contributed by atoms with Crippen LogP contribution in [-0.2, 0) is 0 Å². The summed E-state index contributed by atoms with van der Waals surface area (Å²) >= 11 is 0. The Balaban J connectivity index is 2.92. The number of hydrogen-bond donors (Lipinski definition) is 1. The second kappa shape index (κ2) is 4.07. The van der Waals surface area contributed by atoms with Crippen LogP contribution in [0.2, 0.25) is 0 Å². The normalized spacial score (nSPS) is 12.6. The maximum Gasteiger partial charge on any atom is 0.143 e. The minimum absolute atomic E-state index is 0.505. The molecule has 0 aliphatic heterocycles. The van der Waals surface area contributed by atoms with Crippen LogP contribution in [0.25, 0.3) is 0 Å². The molecule has 0 aliphatic carbocycles. The minimum atomic E-state index is -0.505. The monoisotopic (exact) mass is 167 g/mol. The fraction of sp³-hybridized carbons (Fsp3) is 0.444. The average Bonchev–Trinajstić information content (AvgIpc) is 2.05. The number of rotatable bonds is 3. The molecule has 0 saturated heterocycles. The molecule has 0 spiro atoms. The first-order valence-corrected chi connectivity index (χ1v) is 4.00. The van der Waals surface area contributed by atoms with Crippen molar-refractivity contribution in [1.82, 2.24) is 4.98 Å². The van der Waals surface area contributed by atoms with E-state index >= 15 is 0 Å². The van der Waals surface area contributed by atoms with Crippen LogP contribution in [0.1, 0.15) is 25.5 Å². The van der Waals surface area contributed by atoms with E-state index in [0.29, 0.717) is 12.4 Å². The van der Waals surface area contributed by atoms with Crippen molar-refractivity contribution >= 4 is 0 Å². The predicted molar refractivity (Wildman–Crippen MR) is 46.0 cm³/mol. The molecule has 1 aromatic rings. The third-order valence-electron chi connectivity index (χ3n) is 1.57. The molecule has 1 heterocycles. The van der Waals surface area contributed by atoms with Crippen LogP contribution in [0.15, 0.2) is 18.5 Å². The van der Waals surface area contributed by atoms with Crippen molar-refractivity contribution in [1.29, 1.82) is 0 Å². The van der Waals surface area contributed by atoms with Crippen LogP contribution in [0.4, 0.5) is 0 Å². The van der Waals surface area contributed by atoms with E-state index in [1.165, 1.54) is 0 Å². The highest BCUT2D eigenvalue weighted by Crippen LogP contribution is 2.22. The van der Waals surface area contributed by atoms with Gasteiger partial charge in [-0.3, -0.25) is 4.98 Å². The Morgan fingerprint density at radius 1 is 1.67 bits per heavy atom. The van der Waals surface area contributed by atoms with Crippen molar-refractivity contribution in [3.05, 3.63) is 24.0 Å². The first-order valence-electron chi connectivity index (χ1n) is 4.00. The zero-order valence-electron chi connectivity index (χ0n) is 7.32. The molecule has 3 heteroatoms. The van der Waals surface area contributed by atoms with Gasteiger partial charge in [-0.15, -0.1) is 0 Å². The van der Waals surface area contributed by atoms with E-state index in [9.17, 15) is 5.11 Å². The van der Waals surface area contributed by atoms with Crippen molar-refractivity contribution in [3.63, 3.8) is 0 Å². The third-order valence-corrected chi connectivity index (χ3v) is 1.57. The molecular weight excluding hydrogens is 154 g/mol. The highest BCUT2D eigenvalue weighted by atomic mass is 16.5. The largest absolute Gasteiger partial charge is 0.492 e. The van der Waals surface area contributed by atoms with Gasteiger partial charge in [0.2, 0.25) is 0 Å². The molecular formula is C9H13NO2. The number of nitrogens with zero attached hydrogens (tertiary/aromatic N) is 1. The Labute approximate surface area is 72.0 Å². The number of aliphatic hydroxyl groups excluding tert-OH is 1. The van der Waals surface area contributed by atoms with E-state index < -0.39 is 6.10 Å². The van der Waals surface area contributed by atoms with Crippen LogP contribution in [0, 0.1) is 0 Å². The molecule has 0 amide bonds. The lowest BCUT2D eigenvalue weighted by molar-refractivity contribution is 0.192. The molecule has 1 N–H and O–H groups in total. The molecule has 1 atom stereocenters. The van der Waals surface area contributed by atoms with E-state index in [1.807, 2.05) is 6.92 Å². The maximum atomic E-state index is 9.32. The van der Waals surface area contributed by atoms with Crippen LogP contribution in [0.3, 0.4) is 0 Å². The van der Waals surface area contributed by atoms with Gasteiger partial charge in [-0.1, -0.05) is 0 Å². The van der Waals surface area contributed by atoms with E-state index in [4.69, 9.17) is 4.74 Å². The van der Waals surface area contributed by atoms with Crippen molar-refractivity contribution in [2.75, 3.05) is 6.61 Å². The number of pyridine rings is 1. The molecule has 0 aromatic carbocycles. The maximum absolute atomic E-state index is 9.32. The number of aromatic nitrogens is 1. The topological polar surface area (TPSA) is 42.4 Å². The van der Waals surface area contributed by atoms with E-state index in [2.05, 4.69) is 4.98 Å². The van der Waals surface area contributed by atoms with Crippen molar-refractivity contribution in [2.24, 2.45) is 0 Å². The molecule has 0 saturated carbocycles. The molecule has 3 nitrogen and oxygen atoms in total. The summed E-state index contributed by atoms with van der Waals surface area (Å²) < 4.78 is 5.28. The summed E-state index contributed by atoms with van der Waals surface area (Å²) in [5, 5.41) is 9.32. The van der Waals surface area contributed by atoms with Crippen molar-refractivity contribution < 1.29 is 9.84 Å². The Hall–Kier alpha value is -1.09. The standard InChI is InChI=1S/C9H13NO2/c1-3-12-9-6-10-5-4-8(9)7(2)11/h4-7,11H,3H2,1-2H3. The fourth-order valence-corrected chi connectivity index (χ4v) is 1.01. The summed E-state index contributed by atoms with van der Waals surface area (Å²) in [5.74, 6) is 0.662. The zero-order chi connectivity index (χ0) is 8.97. The lowest BCUT2D eigenvalue weighted by Gasteiger charge is -2.10. The Kier molecular flexibility index (Phi) is 3.05. The van der Waals surface area contributed by atoms with Crippen LogP contribution >= 0.6 is 0 Å². The summed E-state index contributed by atoms with van der Waals surface area (Å²) in [4.78, 5) is 3.91. The Morgan fingerprint density at radius 2 is 2.42 bits per heavy atom. The quantitative estimate of drug-likeness (QED) is 0.742. The van der Waals surface area contributed by atoms with Gasteiger partial charge in [0.25, 0.3) is 0 Å². The van der Waals surface area contributed by atoms with E-state index in [1.54, 1.807) is 25.4 Å². The highest BCUT2D eigenvalue weighted by Gasteiger charge is 2.07. The van der Waals surface area contributed by atoms with Crippen LogP contribution in [0.5, 0.6) is 5.75 Å². The summed E-state index contributed by atoms with van der Waals surface area (Å²) in [6.07, 6.45) is 2.75. The summed E-state index contributed by atoms with van der Waals surface area (Å²) in [6.45, 7) is 4.20. The van der Waals surface area contributed by atoms with Gasteiger partial charge in [0, 0.05) is 11.8 Å².